The Balaban J connectivity index is 2.47. The molecule has 2 rings (SSSR count). The van der Waals surface area contributed by atoms with Gasteiger partial charge in [-0.3, -0.25) is 4.98 Å². The van der Waals surface area contributed by atoms with Gasteiger partial charge in [0.2, 0.25) is 0 Å². The Morgan fingerprint density at radius 3 is 2.68 bits per heavy atom. The second-order valence-corrected chi connectivity index (χ2v) is 4.68. The Hall–Kier alpha value is -1.48. The lowest BCUT2D eigenvalue weighted by Crippen LogP contribution is -2.03. The van der Waals surface area contributed by atoms with Gasteiger partial charge in [0.15, 0.2) is 5.82 Å². The fraction of sp³-hybridized carbons (Fsp3) is 0.400. The van der Waals surface area contributed by atoms with Crippen LogP contribution in [0.4, 0.5) is 0 Å². The van der Waals surface area contributed by atoms with E-state index in [1.54, 1.807) is 6.20 Å². The van der Waals surface area contributed by atoms with Crippen LogP contribution >= 0.6 is 11.6 Å². The fourth-order valence-corrected chi connectivity index (χ4v) is 2.27. The Labute approximate surface area is 119 Å². The summed E-state index contributed by atoms with van der Waals surface area (Å²) in [7, 11) is 0. The molecular weight excluding hydrogens is 258 g/mol. The average molecular weight is 276 g/mol. The van der Waals surface area contributed by atoms with Gasteiger partial charge in [-0.05, 0) is 24.5 Å². The molecule has 3 nitrogen and oxygen atoms in total. The maximum atomic E-state index is 5.93. The minimum absolute atomic E-state index is 0.457. The molecule has 0 atom stereocenters. The topological polar surface area (TPSA) is 38.7 Å². The third-order valence-corrected chi connectivity index (χ3v) is 3.36. The van der Waals surface area contributed by atoms with Gasteiger partial charge in [0.1, 0.15) is 5.69 Å². The van der Waals surface area contributed by atoms with E-state index in [9.17, 15) is 0 Å². The van der Waals surface area contributed by atoms with E-state index in [0.717, 1.165) is 36.2 Å². The minimum Gasteiger partial charge on any atom is -0.253 e. The van der Waals surface area contributed by atoms with E-state index in [2.05, 4.69) is 34.9 Å². The molecule has 2 aromatic rings. The summed E-state index contributed by atoms with van der Waals surface area (Å²) in [6.45, 7) is 4.25. The molecule has 0 unspecified atom stereocenters. The molecule has 0 N–H and O–H groups in total. The first-order chi connectivity index (χ1) is 9.30. The van der Waals surface area contributed by atoms with Gasteiger partial charge < -0.3 is 0 Å². The summed E-state index contributed by atoms with van der Waals surface area (Å²) in [5.41, 5.74) is 4.10. The SMILES string of the molecule is CCCc1nc(-c2ncccc2CC)ncc1CCl. The van der Waals surface area contributed by atoms with Crippen LogP contribution in [0.3, 0.4) is 0 Å². The Morgan fingerprint density at radius 1 is 1.16 bits per heavy atom. The van der Waals surface area contributed by atoms with E-state index in [0.29, 0.717) is 11.7 Å². The largest absolute Gasteiger partial charge is 0.253 e. The third kappa shape index (κ3) is 3.10. The van der Waals surface area contributed by atoms with Gasteiger partial charge >= 0.3 is 0 Å². The number of aromatic nitrogens is 3. The number of pyridine rings is 1. The summed E-state index contributed by atoms with van der Waals surface area (Å²) < 4.78 is 0. The molecule has 0 aliphatic carbocycles. The molecule has 0 amide bonds. The van der Waals surface area contributed by atoms with Gasteiger partial charge in [-0.1, -0.05) is 26.3 Å². The number of halogens is 1. The number of rotatable bonds is 5. The highest BCUT2D eigenvalue weighted by Crippen LogP contribution is 2.20. The zero-order valence-corrected chi connectivity index (χ0v) is 12.1. The smallest absolute Gasteiger partial charge is 0.178 e. The second-order valence-electron chi connectivity index (χ2n) is 4.41. The van der Waals surface area contributed by atoms with Crippen molar-refractivity contribution in [3.05, 3.63) is 41.3 Å². The molecule has 4 heteroatoms. The molecule has 0 bridgehead atoms. The first-order valence-corrected chi connectivity index (χ1v) is 7.18. The van der Waals surface area contributed by atoms with E-state index in [-0.39, 0.29) is 0 Å². The van der Waals surface area contributed by atoms with Crippen molar-refractivity contribution in [3.63, 3.8) is 0 Å². The molecule has 0 saturated heterocycles. The molecule has 0 spiro atoms. The molecule has 0 aromatic carbocycles. The first-order valence-electron chi connectivity index (χ1n) is 6.65. The van der Waals surface area contributed by atoms with Crippen LogP contribution < -0.4 is 0 Å². The van der Waals surface area contributed by atoms with Crippen molar-refractivity contribution in [3.8, 4) is 11.5 Å². The highest BCUT2D eigenvalue weighted by Gasteiger charge is 2.11. The molecule has 19 heavy (non-hydrogen) atoms. The van der Waals surface area contributed by atoms with E-state index in [1.807, 2.05) is 12.3 Å². The van der Waals surface area contributed by atoms with Crippen LogP contribution in [0.2, 0.25) is 0 Å². The van der Waals surface area contributed by atoms with Gasteiger partial charge in [0, 0.05) is 23.7 Å². The summed E-state index contributed by atoms with van der Waals surface area (Å²) in [6, 6.07) is 4.02. The van der Waals surface area contributed by atoms with Crippen LogP contribution in [-0.4, -0.2) is 15.0 Å². The van der Waals surface area contributed by atoms with Crippen molar-refractivity contribution >= 4 is 11.6 Å². The highest BCUT2D eigenvalue weighted by molar-refractivity contribution is 6.17. The molecule has 0 saturated carbocycles. The van der Waals surface area contributed by atoms with Crippen LogP contribution in [0.25, 0.3) is 11.5 Å². The second kappa shape index (κ2) is 6.62. The van der Waals surface area contributed by atoms with Crippen LogP contribution in [0, 0.1) is 0 Å². The standard InChI is InChI=1S/C15H18ClN3/c1-3-6-13-12(9-16)10-18-15(19-13)14-11(4-2)7-5-8-17-14/h5,7-8,10H,3-4,6,9H2,1-2H3. The van der Waals surface area contributed by atoms with E-state index in [4.69, 9.17) is 11.6 Å². The monoisotopic (exact) mass is 275 g/mol. The normalized spacial score (nSPS) is 10.7. The highest BCUT2D eigenvalue weighted by atomic mass is 35.5. The average Bonchev–Trinajstić information content (AvgIpc) is 2.47. The number of alkyl halides is 1. The van der Waals surface area contributed by atoms with E-state index < -0.39 is 0 Å². The lowest BCUT2D eigenvalue weighted by Gasteiger charge is -2.09. The molecule has 100 valence electrons. The predicted molar refractivity (Wildman–Crippen MR) is 78.2 cm³/mol. The maximum absolute atomic E-state index is 5.93. The lowest BCUT2D eigenvalue weighted by atomic mass is 10.1. The fourth-order valence-electron chi connectivity index (χ4n) is 2.05. The zero-order valence-electron chi connectivity index (χ0n) is 11.4. The molecule has 0 aliphatic rings. The van der Waals surface area contributed by atoms with E-state index >= 15 is 0 Å². The molecule has 0 aliphatic heterocycles. The number of hydrogen-bond acceptors (Lipinski definition) is 3. The van der Waals surface area contributed by atoms with Gasteiger partial charge in [-0.2, -0.15) is 0 Å². The summed E-state index contributed by atoms with van der Waals surface area (Å²) in [5.74, 6) is 1.16. The first kappa shape index (κ1) is 13.9. The summed E-state index contributed by atoms with van der Waals surface area (Å²) in [6.07, 6.45) is 6.50. The molecular formula is C15H18ClN3. The van der Waals surface area contributed by atoms with E-state index in [1.165, 1.54) is 5.56 Å². The number of hydrogen-bond donors (Lipinski definition) is 0. The Kier molecular flexibility index (Phi) is 4.86. The van der Waals surface area contributed by atoms with Crippen molar-refractivity contribution in [2.75, 3.05) is 0 Å². The van der Waals surface area contributed by atoms with Crippen LogP contribution in [0.5, 0.6) is 0 Å². The van der Waals surface area contributed by atoms with Crippen LogP contribution in [0.1, 0.15) is 37.1 Å². The third-order valence-electron chi connectivity index (χ3n) is 3.07. The van der Waals surface area contributed by atoms with Crippen molar-refractivity contribution < 1.29 is 0 Å². The molecule has 2 heterocycles. The summed E-state index contributed by atoms with van der Waals surface area (Å²) >= 11 is 5.93. The molecule has 0 fully saturated rings. The minimum atomic E-state index is 0.457. The zero-order chi connectivity index (χ0) is 13.7. The van der Waals surface area contributed by atoms with Crippen molar-refractivity contribution in [1.29, 1.82) is 0 Å². The summed E-state index contributed by atoms with van der Waals surface area (Å²) in [4.78, 5) is 13.5. The quantitative estimate of drug-likeness (QED) is 0.779. The van der Waals surface area contributed by atoms with Gasteiger partial charge in [0.05, 0.1) is 5.88 Å². The predicted octanol–water partition coefficient (Wildman–Crippen LogP) is 3.79. The van der Waals surface area contributed by atoms with Gasteiger partial charge in [-0.15, -0.1) is 11.6 Å². The molecule has 0 radical (unpaired) electrons. The van der Waals surface area contributed by atoms with Crippen LogP contribution in [-0.2, 0) is 18.7 Å². The Bertz CT molecular complexity index is 555. The number of aryl methyl sites for hydroxylation is 2. The van der Waals surface area contributed by atoms with Gasteiger partial charge in [0.25, 0.3) is 0 Å². The van der Waals surface area contributed by atoms with Crippen molar-refractivity contribution in [2.45, 2.75) is 39.0 Å². The van der Waals surface area contributed by atoms with Gasteiger partial charge in [-0.25, -0.2) is 9.97 Å². The van der Waals surface area contributed by atoms with Crippen molar-refractivity contribution in [2.24, 2.45) is 0 Å². The van der Waals surface area contributed by atoms with Crippen LogP contribution in [0.15, 0.2) is 24.5 Å². The summed E-state index contributed by atoms with van der Waals surface area (Å²) in [5, 5.41) is 0. The maximum Gasteiger partial charge on any atom is 0.178 e. The van der Waals surface area contributed by atoms with Crippen molar-refractivity contribution in [1.82, 2.24) is 15.0 Å². The lowest BCUT2D eigenvalue weighted by molar-refractivity contribution is 0.857. The number of nitrogens with zero attached hydrogens (tertiary/aromatic N) is 3. The molecule has 2 aromatic heterocycles. The Morgan fingerprint density at radius 2 is 2.00 bits per heavy atom.